The minimum atomic E-state index is -4.79. The van der Waals surface area contributed by atoms with Gasteiger partial charge in [-0.1, -0.05) is 31.0 Å². The number of hydrogen-bond donors (Lipinski definition) is 2. The van der Waals surface area contributed by atoms with E-state index in [1.165, 1.54) is 25.0 Å². The number of aliphatic hydroxyl groups is 1. The Morgan fingerprint density at radius 2 is 1.84 bits per heavy atom. The van der Waals surface area contributed by atoms with Gasteiger partial charge < -0.3 is 24.6 Å². The molecule has 5 rings (SSSR count). The highest BCUT2D eigenvalue weighted by Crippen LogP contribution is 2.46. The average Bonchev–Trinajstić information content (AvgIpc) is 3.52. The normalized spacial score (nSPS) is 26.0. The summed E-state index contributed by atoms with van der Waals surface area (Å²) in [4.78, 5) is 12.8. The van der Waals surface area contributed by atoms with Crippen LogP contribution in [0.3, 0.4) is 0 Å². The standard InChI is InChI=1S/C23H22F3NO5/c24-23(25,26)32-16-6-3-14(4-7-16)20(28)15-5-8-19-18(12-15)22(21(29)27-19)30-10-9-17(31-22)11-13-1-2-13/h3-8,12-13,17,20,28H,1-2,9-11H2,(H,27,29). The number of hydrogen-bond acceptors (Lipinski definition) is 5. The van der Waals surface area contributed by atoms with Crippen molar-refractivity contribution in [3.63, 3.8) is 0 Å². The zero-order valence-electron chi connectivity index (χ0n) is 17.0. The number of benzene rings is 2. The topological polar surface area (TPSA) is 77.0 Å². The molecule has 3 aliphatic rings. The van der Waals surface area contributed by atoms with E-state index in [2.05, 4.69) is 10.1 Å². The molecule has 2 heterocycles. The number of fused-ring (bicyclic) bond motifs is 2. The Morgan fingerprint density at radius 3 is 2.53 bits per heavy atom. The van der Waals surface area contributed by atoms with E-state index in [0.29, 0.717) is 34.9 Å². The number of carbonyl (C=O) groups excluding carboxylic acids is 1. The first-order chi connectivity index (χ1) is 15.2. The van der Waals surface area contributed by atoms with E-state index in [1.54, 1.807) is 18.2 Å². The molecule has 32 heavy (non-hydrogen) atoms. The van der Waals surface area contributed by atoms with Gasteiger partial charge >= 0.3 is 6.36 Å². The lowest BCUT2D eigenvalue weighted by atomic mass is 9.96. The molecule has 1 aliphatic carbocycles. The van der Waals surface area contributed by atoms with Crippen molar-refractivity contribution in [2.45, 2.75) is 50.0 Å². The molecule has 170 valence electrons. The fourth-order valence-corrected chi connectivity index (χ4v) is 4.30. The second-order valence-corrected chi connectivity index (χ2v) is 8.45. The summed E-state index contributed by atoms with van der Waals surface area (Å²) >= 11 is 0. The number of halogens is 3. The van der Waals surface area contributed by atoms with Crippen LogP contribution >= 0.6 is 0 Å². The number of anilines is 1. The summed E-state index contributed by atoms with van der Waals surface area (Å²) in [5.41, 5.74) is 1.88. The molecule has 1 saturated heterocycles. The van der Waals surface area contributed by atoms with Crippen molar-refractivity contribution in [1.82, 2.24) is 0 Å². The molecule has 3 unspecified atom stereocenters. The van der Waals surface area contributed by atoms with Crippen LogP contribution in [0.2, 0.25) is 0 Å². The summed E-state index contributed by atoms with van der Waals surface area (Å²) < 4.78 is 53.0. The smallest absolute Gasteiger partial charge is 0.406 e. The van der Waals surface area contributed by atoms with Crippen LogP contribution in [-0.2, 0) is 20.1 Å². The lowest BCUT2D eigenvalue weighted by Crippen LogP contribution is -2.47. The summed E-state index contributed by atoms with van der Waals surface area (Å²) in [6, 6.07) is 9.96. The Labute approximate surface area is 182 Å². The van der Waals surface area contributed by atoms with Gasteiger partial charge in [0.15, 0.2) is 0 Å². The molecule has 2 aliphatic heterocycles. The van der Waals surface area contributed by atoms with Gasteiger partial charge in [0, 0.05) is 5.56 Å². The van der Waals surface area contributed by atoms with Crippen molar-refractivity contribution in [3.05, 3.63) is 59.2 Å². The highest BCUT2D eigenvalue weighted by atomic mass is 19.4. The minimum Gasteiger partial charge on any atom is -0.406 e. The fraction of sp³-hybridized carbons (Fsp3) is 0.435. The van der Waals surface area contributed by atoms with Crippen molar-refractivity contribution in [2.24, 2.45) is 5.92 Å². The highest BCUT2D eigenvalue weighted by Gasteiger charge is 2.53. The van der Waals surface area contributed by atoms with Gasteiger partial charge in [-0.2, -0.15) is 0 Å². The Balaban J connectivity index is 1.40. The van der Waals surface area contributed by atoms with Gasteiger partial charge in [0.05, 0.1) is 18.4 Å². The summed E-state index contributed by atoms with van der Waals surface area (Å²) in [5.74, 6) is -1.68. The van der Waals surface area contributed by atoms with Gasteiger partial charge in [-0.25, -0.2) is 0 Å². The van der Waals surface area contributed by atoms with E-state index in [9.17, 15) is 23.1 Å². The predicted octanol–water partition coefficient (Wildman–Crippen LogP) is 4.38. The SMILES string of the molecule is O=C1Nc2ccc(C(O)c3ccc(OC(F)(F)F)cc3)cc2C12OCCC(CC1CC1)O2. The van der Waals surface area contributed by atoms with Crippen LogP contribution in [0.15, 0.2) is 42.5 Å². The van der Waals surface area contributed by atoms with Gasteiger partial charge in [-0.05, 0) is 54.2 Å². The third-order valence-electron chi connectivity index (χ3n) is 6.06. The number of rotatable bonds is 5. The Kier molecular flexibility index (Phi) is 5.15. The van der Waals surface area contributed by atoms with E-state index in [-0.39, 0.29) is 11.9 Å². The van der Waals surface area contributed by atoms with Crippen LogP contribution in [0.25, 0.3) is 0 Å². The van der Waals surface area contributed by atoms with Crippen molar-refractivity contribution in [3.8, 4) is 5.75 Å². The maximum Gasteiger partial charge on any atom is 0.573 e. The van der Waals surface area contributed by atoms with Gasteiger partial charge in [0.25, 0.3) is 11.7 Å². The van der Waals surface area contributed by atoms with Crippen LogP contribution in [0, 0.1) is 5.92 Å². The highest BCUT2D eigenvalue weighted by molar-refractivity contribution is 6.04. The summed E-state index contributed by atoms with van der Waals surface area (Å²) in [7, 11) is 0. The van der Waals surface area contributed by atoms with Crippen LogP contribution in [-0.4, -0.2) is 30.1 Å². The van der Waals surface area contributed by atoms with Crippen LogP contribution in [0.5, 0.6) is 5.75 Å². The zero-order valence-corrected chi connectivity index (χ0v) is 17.0. The molecule has 2 aromatic rings. The molecule has 0 radical (unpaired) electrons. The van der Waals surface area contributed by atoms with E-state index in [1.807, 2.05) is 0 Å². The summed E-state index contributed by atoms with van der Waals surface area (Å²) in [6.07, 6.45) is -2.02. The summed E-state index contributed by atoms with van der Waals surface area (Å²) in [6.45, 7) is 0.387. The number of ether oxygens (including phenoxy) is 3. The Morgan fingerprint density at radius 1 is 1.12 bits per heavy atom. The quantitative estimate of drug-likeness (QED) is 0.709. The Hall–Kier alpha value is -2.62. The number of alkyl halides is 3. The molecule has 1 spiro atoms. The second kappa shape index (κ2) is 7.75. The maximum absolute atomic E-state index is 12.8. The lowest BCUT2D eigenvalue weighted by Gasteiger charge is -2.37. The number of aliphatic hydroxyl groups excluding tert-OH is 1. The molecule has 2 fully saturated rings. The van der Waals surface area contributed by atoms with E-state index in [0.717, 1.165) is 25.0 Å². The molecular weight excluding hydrogens is 427 g/mol. The predicted molar refractivity (Wildman–Crippen MR) is 107 cm³/mol. The largest absolute Gasteiger partial charge is 0.573 e. The first-order valence-electron chi connectivity index (χ1n) is 10.5. The van der Waals surface area contributed by atoms with Gasteiger partial charge in [0.1, 0.15) is 11.9 Å². The maximum atomic E-state index is 12.8. The third-order valence-corrected chi connectivity index (χ3v) is 6.06. The second-order valence-electron chi connectivity index (χ2n) is 8.45. The molecule has 9 heteroatoms. The number of nitrogens with one attached hydrogen (secondary N) is 1. The zero-order chi connectivity index (χ0) is 22.5. The first-order valence-corrected chi connectivity index (χ1v) is 10.5. The fourth-order valence-electron chi connectivity index (χ4n) is 4.30. The third kappa shape index (κ3) is 4.07. The van der Waals surface area contributed by atoms with E-state index < -0.39 is 24.2 Å². The molecule has 3 atom stereocenters. The first kappa shape index (κ1) is 21.2. The van der Waals surface area contributed by atoms with Crippen molar-refractivity contribution in [1.29, 1.82) is 0 Å². The van der Waals surface area contributed by atoms with Crippen molar-refractivity contribution >= 4 is 11.6 Å². The molecule has 0 bridgehead atoms. The molecule has 1 amide bonds. The molecule has 2 aromatic carbocycles. The molecule has 6 nitrogen and oxygen atoms in total. The average molecular weight is 449 g/mol. The van der Waals surface area contributed by atoms with Crippen molar-refractivity contribution in [2.75, 3.05) is 11.9 Å². The summed E-state index contributed by atoms with van der Waals surface area (Å²) in [5, 5.41) is 13.6. The lowest BCUT2D eigenvalue weighted by molar-refractivity contribution is -0.281. The van der Waals surface area contributed by atoms with E-state index in [4.69, 9.17) is 9.47 Å². The molecule has 0 aromatic heterocycles. The van der Waals surface area contributed by atoms with Crippen LogP contribution in [0.1, 0.15) is 48.5 Å². The van der Waals surface area contributed by atoms with Crippen LogP contribution < -0.4 is 10.1 Å². The van der Waals surface area contributed by atoms with E-state index >= 15 is 0 Å². The molecular formula is C23H22F3NO5. The molecule has 2 N–H and O–H groups in total. The van der Waals surface area contributed by atoms with Gasteiger partial charge in [-0.3, -0.25) is 4.79 Å². The van der Waals surface area contributed by atoms with Crippen molar-refractivity contribution < 1.29 is 37.3 Å². The van der Waals surface area contributed by atoms with Gasteiger partial charge in [-0.15, -0.1) is 13.2 Å². The Bertz CT molecular complexity index is 1020. The molecule has 1 saturated carbocycles. The number of amides is 1. The monoisotopic (exact) mass is 449 g/mol. The minimum absolute atomic E-state index is 0.0808. The van der Waals surface area contributed by atoms with Crippen LogP contribution in [0.4, 0.5) is 18.9 Å². The number of carbonyl (C=O) groups is 1. The van der Waals surface area contributed by atoms with Gasteiger partial charge in [0.2, 0.25) is 0 Å².